The molecular formula is C42H43F2N7O4. The monoisotopic (exact) mass is 747 g/mol. The van der Waals surface area contributed by atoms with Crippen molar-refractivity contribution in [3.8, 4) is 47.3 Å². The zero-order valence-corrected chi connectivity index (χ0v) is 30.9. The Balaban J connectivity index is 1.13. The van der Waals surface area contributed by atoms with Gasteiger partial charge in [-0.05, 0) is 67.5 Å². The first-order valence-corrected chi connectivity index (χ1v) is 19.2. The molecule has 2 bridgehead atoms. The van der Waals surface area contributed by atoms with Crippen molar-refractivity contribution < 1.29 is 28.2 Å². The van der Waals surface area contributed by atoms with E-state index in [0.717, 1.165) is 44.3 Å². The zero-order valence-electron chi connectivity index (χ0n) is 30.9. The minimum atomic E-state index is -0.826. The van der Waals surface area contributed by atoms with Gasteiger partial charge in [0.25, 0.3) is 0 Å². The number of terminal acetylenes is 1. The maximum Gasteiger partial charge on any atom is 0.319 e. The average molecular weight is 748 g/mol. The van der Waals surface area contributed by atoms with E-state index in [1.54, 1.807) is 0 Å². The highest BCUT2D eigenvalue weighted by atomic mass is 19.1. The second kappa shape index (κ2) is 13.6. The largest absolute Gasteiger partial charge is 0.508 e. The molecule has 284 valence electrons. The van der Waals surface area contributed by atoms with Crippen LogP contribution in [0.5, 0.6) is 17.6 Å². The Bertz CT molecular complexity index is 2300. The molecule has 2 aromatic carbocycles. The molecule has 2 N–H and O–H groups in total. The number of nitriles is 1. The Kier molecular flexibility index (Phi) is 8.78. The number of hydrogen-bond donors (Lipinski definition) is 2. The fourth-order valence-corrected chi connectivity index (χ4v) is 9.48. The molecule has 4 aromatic rings. The van der Waals surface area contributed by atoms with Gasteiger partial charge in [-0.1, -0.05) is 18.9 Å². The molecule has 3 saturated heterocycles. The minimum Gasteiger partial charge on any atom is -0.508 e. The van der Waals surface area contributed by atoms with Gasteiger partial charge in [0.1, 0.15) is 39.8 Å². The smallest absolute Gasteiger partial charge is 0.319 e. The molecule has 13 heteroatoms. The highest BCUT2D eigenvalue weighted by molar-refractivity contribution is 6.04. The Hall–Kier alpha value is -5.11. The SMILES string of the molecule is C#Cc1c(F)ccc2cc(O)cc(-c3nc(OC)c4c(N5CC6CC(C(=O)C(C)CC#N)CC(C5)N6)nc(OCC5(CN6CC7CC7C6)CC5)nc4c3F)c12. The first kappa shape index (κ1) is 35.6. The van der Waals surface area contributed by atoms with Crippen molar-refractivity contribution in [1.82, 2.24) is 25.2 Å². The summed E-state index contributed by atoms with van der Waals surface area (Å²) in [6.45, 7) is 6.35. The van der Waals surface area contributed by atoms with Crippen molar-refractivity contribution >= 4 is 33.3 Å². The van der Waals surface area contributed by atoms with Crippen molar-refractivity contribution in [1.29, 1.82) is 5.26 Å². The van der Waals surface area contributed by atoms with Crippen LogP contribution in [-0.4, -0.2) is 89.3 Å². The number of piperazine rings is 1. The number of nitrogens with zero attached hydrogens (tertiary/aromatic N) is 6. The summed E-state index contributed by atoms with van der Waals surface area (Å²) >= 11 is 0. The topological polar surface area (TPSA) is 137 Å². The molecule has 2 aromatic heterocycles. The fourth-order valence-electron chi connectivity index (χ4n) is 9.48. The number of rotatable bonds is 11. The molecule has 3 aliphatic heterocycles. The summed E-state index contributed by atoms with van der Waals surface area (Å²) in [6, 6.07) is 7.44. The van der Waals surface area contributed by atoms with E-state index in [-0.39, 0.29) is 92.3 Å². The van der Waals surface area contributed by atoms with Crippen LogP contribution in [0.4, 0.5) is 14.6 Å². The van der Waals surface area contributed by atoms with Gasteiger partial charge >= 0.3 is 6.01 Å². The van der Waals surface area contributed by atoms with Crippen molar-refractivity contribution in [3.63, 3.8) is 0 Å². The average Bonchev–Trinajstić information content (AvgIpc) is 4.08. The van der Waals surface area contributed by atoms with E-state index in [2.05, 4.69) is 37.1 Å². The molecule has 0 radical (unpaired) electrons. The number of aromatic hydroxyl groups is 1. The molecule has 5 atom stereocenters. The first-order chi connectivity index (χ1) is 26.6. The third kappa shape index (κ3) is 6.47. The zero-order chi connectivity index (χ0) is 38.2. The summed E-state index contributed by atoms with van der Waals surface area (Å²) in [5.74, 6) is 2.43. The summed E-state index contributed by atoms with van der Waals surface area (Å²) in [5.41, 5.74) is -0.331. The molecule has 5 heterocycles. The van der Waals surface area contributed by atoms with Gasteiger partial charge in [-0.3, -0.25) is 4.79 Å². The molecule has 5 fully saturated rings. The number of piperidine rings is 2. The number of likely N-dealkylation sites (tertiary alicyclic amines) is 1. The third-order valence-corrected chi connectivity index (χ3v) is 12.5. The fraction of sp³-hybridized carbons (Fsp3) is 0.500. The molecule has 5 unspecified atom stereocenters. The highest BCUT2D eigenvalue weighted by Gasteiger charge is 2.51. The van der Waals surface area contributed by atoms with Crippen LogP contribution in [0.2, 0.25) is 0 Å². The van der Waals surface area contributed by atoms with Crippen LogP contribution in [0.25, 0.3) is 32.9 Å². The Morgan fingerprint density at radius 2 is 1.84 bits per heavy atom. The molecule has 0 amide bonds. The van der Waals surface area contributed by atoms with Crippen LogP contribution < -0.4 is 19.7 Å². The normalized spacial score (nSPS) is 25.6. The lowest BCUT2D eigenvalue weighted by Gasteiger charge is -2.45. The van der Waals surface area contributed by atoms with Crippen LogP contribution >= 0.6 is 0 Å². The van der Waals surface area contributed by atoms with Gasteiger partial charge in [0.2, 0.25) is 5.88 Å². The molecule has 11 nitrogen and oxygen atoms in total. The number of aromatic nitrogens is 3. The van der Waals surface area contributed by atoms with Crippen LogP contribution in [0, 0.1) is 64.4 Å². The number of phenols is 1. The predicted molar refractivity (Wildman–Crippen MR) is 202 cm³/mol. The van der Waals surface area contributed by atoms with Gasteiger partial charge in [0.15, 0.2) is 5.82 Å². The molecular weight excluding hydrogens is 705 g/mol. The molecule has 0 spiro atoms. The lowest BCUT2D eigenvalue weighted by molar-refractivity contribution is -0.127. The summed E-state index contributed by atoms with van der Waals surface area (Å²) in [5, 5.41) is 24.4. The highest BCUT2D eigenvalue weighted by Crippen LogP contribution is 2.51. The molecule has 55 heavy (non-hydrogen) atoms. The quantitative estimate of drug-likeness (QED) is 0.186. The summed E-state index contributed by atoms with van der Waals surface area (Å²) in [7, 11) is 1.43. The molecule has 5 aliphatic rings. The number of fused-ring (bicyclic) bond motifs is 5. The second-order valence-corrected chi connectivity index (χ2v) is 16.5. The lowest BCUT2D eigenvalue weighted by Crippen LogP contribution is -2.61. The van der Waals surface area contributed by atoms with E-state index in [4.69, 9.17) is 20.9 Å². The number of phenolic OH excluding ortho intramolecular Hbond substituents is 1. The number of methoxy groups -OCH3 is 1. The Labute approximate surface area is 318 Å². The summed E-state index contributed by atoms with van der Waals surface area (Å²) in [6.07, 6.45) is 10.5. The minimum absolute atomic E-state index is 0.0125. The van der Waals surface area contributed by atoms with E-state index in [1.165, 1.54) is 37.8 Å². The molecule has 2 saturated carbocycles. The molecule has 2 aliphatic carbocycles. The van der Waals surface area contributed by atoms with Gasteiger partial charge in [0.05, 0.1) is 25.3 Å². The number of hydrogen-bond acceptors (Lipinski definition) is 11. The first-order valence-electron chi connectivity index (χ1n) is 19.2. The number of nitrogens with one attached hydrogen (secondary N) is 1. The number of ketones is 1. The van der Waals surface area contributed by atoms with E-state index in [1.807, 2.05) is 6.92 Å². The van der Waals surface area contributed by atoms with E-state index < -0.39 is 11.6 Å². The van der Waals surface area contributed by atoms with E-state index in [0.29, 0.717) is 43.7 Å². The number of ether oxygens (including phenoxy) is 2. The van der Waals surface area contributed by atoms with Crippen LogP contribution in [0.15, 0.2) is 24.3 Å². The number of Topliss-reactive ketones (excluding diaryl/α,β-unsaturated/α-hetero) is 1. The second-order valence-electron chi connectivity index (χ2n) is 16.5. The predicted octanol–water partition coefficient (Wildman–Crippen LogP) is 5.61. The Morgan fingerprint density at radius 3 is 2.51 bits per heavy atom. The number of carbonyl (C=O) groups is 1. The van der Waals surface area contributed by atoms with Gasteiger partial charge in [-0.25, -0.2) is 13.8 Å². The van der Waals surface area contributed by atoms with Gasteiger partial charge in [-0.2, -0.15) is 15.2 Å². The van der Waals surface area contributed by atoms with Gasteiger partial charge < -0.3 is 29.7 Å². The van der Waals surface area contributed by atoms with Crippen molar-refractivity contribution in [2.24, 2.45) is 29.1 Å². The van der Waals surface area contributed by atoms with Crippen molar-refractivity contribution in [2.45, 2.75) is 57.5 Å². The lowest BCUT2D eigenvalue weighted by atomic mass is 9.79. The molecule has 9 rings (SSSR count). The van der Waals surface area contributed by atoms with Crippen molar-refractivity contribution in [3.05, 3.63) is 41.5 Å². The standard InChI is InChI=1S/C42H43F2N7O4/c1-4-30-32(43)6-5-23-14-29(52)15-31(33(23)30)36-35(44)37-34(40(47-36)54-3)39(51-18-27-12-24(13-28(19-51)46-27)38(53)22(2)7-10-45)49-41(48-37)55-21-42(8-9-42)20-50-16-25-11-26(25)17-50/h1,5-6,14-15,22,24-28,46,52H,7-9,11-13,16-21H2,2-3H3. The maximum absolute atomic E-state index is 17.3. The third-order valence-electron chi connectivity index (χ3n) is 12.5. The van der Waals surface area contributed by atoms with Gasteiger partial charge in [-0.15, -0.1) is 6.42 Å². The van der Waals surface area contributed by atoms with Crippen molar-refractivity contribution in [2.75, 3.05) is 51.3 Å². The van der Waals surface area contributed by atoms with E-state index >= 15 is 8.78 Å². The number of anilines is 1. The number of carbonyl (C=O) groups excluding carboxylic acids is 1. The number of halogens is 2. The van der Waals surface area contributed by atoms with Crippen LogP contribution in [-0.2, 0) is 4.79 Å². The van der Waals surface area contributed by atoms with E-state index in [9.17, 15) is 15.2 Å². The van der Waals surface area contributed by atoms with Crippen LogP contribution in [0.3, 0.4) is 0 Å². The maximum atomic E-state index is 17.3. The van der Waals surface area contributed by atoms with Gasteiger partial charge in [0, 0.05) is 79.4 Å². The number of benzene rings is 2. The summed E-state index contributed by atoms with van der Waals surface area (Å²) < 4.78 is 44.7. The number of pyridine rings is 1. The summed E-state index contributed by atoms with van der Waals surface area (Å²) in [4.78, 5) is 32.1. The Morgan fingerprint density at radius 1 is 1.09 bits per heavy atom. The van der Waals surface area contributed by atoms with Crippen LogP contribution in [0.1, 0.15) is 51.0 Å².